The predicted molar refractivity (Wildman–Crippen MR) is 133 cm³/mol. The van der Waals surface area contributed by atoms with Crippen molar-refractivity contribution in [2.45, 2.75) is 63.8 Å². The molecule has 2 aliphatic carbocycles. The number of hydrogen-bond acceptors (Lipinski definition) is 7. The first kappa shape index (κ1) is 23.5. The molecule has 0 bridgehead atoms. The molecule has 10 heteroatoms. The fourth-order valence-electron chi connectivity index (χ4n) is 6.54. The van der Waals surface area contributed by atoms with Crippen molar-refractivity contribution >= 4 is 22.8 Å². The molecule has 3 aromatic rings. The van der Waals surface area contributed by atoms with Crippen molar-refractivity contribution in [1.29, 1.82) is 0 Å². The minimum atomic E-state index is -1.91. The number of carbonyl (C=O) groups is 2. The molecule has 0 spiro atoms. The van der Waals surface area contributed by atoms with Crippen LogP contribution in [0.4, 0.5) is 4.39 Å². The molecular formula is C28H26FN3O6. The van der Waals surface area contributed by atoms with Gasteiger partial charge in [-0.25, -0.2) is 14.2 Å². The largest absolute Gasteiger partial charge is 0.458 e. The van der Waals surface area contributed by atoms with Crippen molar-refractivity contribution in [3.05, 3.63) is 61.7 Å². The SMILES string of the molecule is Cc1c(F)cc2nc3c(c4c2c1CC[C@H]4NC(=O)CO)Cn1c-3cc2c(c1=O)COC(=O)[C@@]2(O)CC1CC1. The Morgan fingerprint density at radius 3 is 2.76 bits per heavy atom. The number of carbonyl (C=O) groups excluding carboxylic acids is 2. The lowest BCUT2D eigenvalue weighted by molar-refractivity contribution is -0.173. The molecule has 7 rings (SSSR count). The summed E-state index contributed by atoms with van der Waals surface area (Å²) in [5.41, 5.74) is 2.35. The van der Waals surface area contributed by atoms with E-state index in [1.807, 2.05) is 0 Å². The first-order chi connectivity index (χ1) is 18.2. The van der Waals surface area contributed by atoms with E-state index in [1.165, 1.54) is 6.07 Å². The zero-order chi connectivity index (χ0) is 26.5. The number of cyclic esters (lactones) is 1. The summed E-state index contributed by atoms with van der Waals surface area (Å²) in [7, 11) is 0. The number of aliphatic hydroxyl groups excluding tert-OH is 1. The number of aromatic nitrogens is 2. The molecule has 2 atom stereocenters. The Hall–Kier alpha value is -3.63. The number of aliphatic hydroxyl groups is 2. The first-order valence-electron chi connectivity index (χ1n) is 12.9. The van der Waals surface area contributed by atoms with Crippen LogP contribution in [0.15, 0.2) is 16.9 Å². The number of aryl methyl sites for hydroxylation is 1. The third kappa shape index (κ3) is 3.16. The van der Waals surface area contributed by atoms with Gasteiger partial charge in [0.25, 0.3) is 5.56 Å². The van der Waals surface area contributed by atoms with Crippen LogP contribution in [0, 0.1) is 18.7 Å². The van der Waals surface area contributed by atoms with E-state index in [9.17, 15) is 29.0 Å². The Kier molecular flexibility index (Phi) is 4.91. The van der Waals surface area contributed by atoms with Gasteiger partial charge in [0.05, 0.1) is 35.1 Å². The number of benzene rings is 1. The molecule has 0 radical (unpaired) electrons. The normalized spacial score (nSPS) is 23.1. The van der Waals surface area contributed by atoms with E-state index in [0.29, 0.717) is 35.3 Å². The highest BCUT2D eigenvalue weighted by atomic mass is 19.1. The van der Waals surface area contributed by atoms with Gasteiger partial charge in [0.15, 0.2) is 5.60 Å². The predicted octanol–water partition coefficient (Wildman–Crippen LogP) is 2.01. The van der Waals surface area contributed by atoms with Crippen LogP contribution in [0.3, 0.4) is 0 Å². The molecule has 0 saturated heterocycles. The maximum absolute atomic E-state index is 14.9. The summed E-state index contributed by atoms with van der Waals surface area (Å²) in [5.74, 6) is -1.48. The van der Waals surface area contributed by atoms with Crippen LogP contribution < -0.4 is 10.9 Å². The molecule has 4 heterocycles. The van der Waals surface area contributed by atoms with Gasteiger partial charge in [-0.2, -0.15) is 0 Å². The molecule has 196 valence electrons. The summed E-state index contributed by atoms with van der Waals surface area (Å²) in [4.78, 5) is 43.5. The average Bonchev–Trinajstić information content (AvgIpc) is 3.63. The molecule has 2 aromatic heterocycles. The number of halogens is 1. The highest BCUT2D eigenvalue weighted by Crippen LogP contribution is 2.47. The van der Waals surface area contributed by atoms with Gasteiger partial charge in [0, 0.05) is 22.6 Å². The molecule has 9 nitrogen and oxygen atoms in total. The van der Waals surface area contributed by atoms with E-state index in [1.54, 1.807) is 17.6 Å². The van der Waals surface area contributed by atoms with Gasteiger partial charge >= 0.3 is 5.97 Å². The maximum Gasteiger partial charge on any atom is 0.343 e. The zero-order valence-electron chi connectivity index (χ0n) is 20.8. The number of esters is 1. The van der Waals surface area contributed by atoms with Crippen LogP contribution in [-0.2, 0) is 39.5 Å². The van der Waals surface area contributed by atoms with Crippen LogP contribution in [0.25, 0.3) is 22.3 Å². The van der Waals surface area contributed by atoms with Crippen molar-refractivity contribution in [2.24, 2.45) is 5.92 Å². The van der Waals surface area contributed by atoms with Crippen LogP contribution >= 0.6 is 0 Å². The quantitative estimate of drug-likeness (QED) is 0.352. The zero-order valence-corrected chi connectivity index (χ0v) is 20.8. The van der Waals surface area contributed by atoms with E-state index < -0.39 is 30.1 Å². The number of hydrogen-bond donors (Lipinski definition) is 3. The highest BCUT2D eigenvalue weighted by Gasteiger charge is 2.49. The number of nitrogens with one attached hydrogen (secondary N) is 1. The van der Waals surface area contributed by atoms with Gasteiger partial charge in [-0.3, -0.25) is 9.59 Å². The molecule has 38 heavy (non-hydrogen) atoms. The lowest BCUT2D eigenvalue weighted by atomic mass is 9.81. The Labute approximate surface area is 216 Å². The number of rotatable bonds is 4. The molecule has 1 saturated carbocycles. The third-order valence-electron chi connectivity index (χ3n) is 8.63. The maximum atomic E-state index is 14.9. The monoisotopic (exact) mass is 519 g/mol. The second-order valence-electron chi connectivity index (χ2n) is 10.9. The van der Waals surface area contributed by atoms with Gasteiger partial charge in [-0.05, 0) is 54.9 Å². The summed E-state index contributed by atoms with van der Waals surface area (Å²) in [6, 6.07) is 2.57. The van der Waals surface area contributed by atoms with Gasteiger partial charge in [0.2, 0.25) is 5.91 Å². The summed E-state index contributed by atoms with van der Waals surface area (Å²) >= 11 is 0. The van der Waals surface area contributed by atoms with Crippen molar-refractivity contribution in [3.63, 3.8) is 0 Å². The Morgan fingerprint density at radius 2 is 2.03 bits per heavy atom. The lowest BCUT2D eigenvalue weighted by Crippen LogP contribution is -2.45. The average molecular weight is 520 g/mol. The Bertz CT molecular complexity index is 1660. The minimum Gasteiger partial charge on any atom is -0.458 e. The van der Waals surface area contributed by atoms with Crippen LogP contribution in [0.5, 0.6) is 0 Å². The molecule has 2 aliphatic heterocycles. The Morgan fingerprint density at radius 1 is 1.24 bits per heavy atom. The highest BCUT2D eigenvalue weighted by molar-refractivity contribution is 5.94. The second-order valence-corrected chi connectivity index (χ2v) is 10.9. The van der Waals surface area contributed by atoms with E-state index in [-0.39, 0.29) is 48.0 Å². The molecule has 1 fully saturated rings. The third-order valence-corrected chi connectivity index (χ3v) is 8.63. The van der Waals surface area contributed by atoms with Crippen molar-refractivity contribution in [3.8, 4) is 11.4 Å². The fourth-order valence-corrected chi connectivity index (χ4v) is 6.54. The molecule has 4 aliphatic rings. The molecule has 1 aromatic carbocycles. The standard InChI is InChI=1S/C28H26FN3O6/c1-12-14-4-5-19(30-22(34)10-33)24-15-9-32-21(25(15)31-20(23(14)24)7-18(12)29)6-17-16(26(32)35)11-38-27(36)28(17,37)8-13-2-3-13/h6-7,13,19,33,37H,2-5,8-11H2,1H3,(H,30,34)/t19-,28-/m1/s1. The van der Waals surface area contributed by atoms with Gasteiger partial charge in [-0.1, -0.05) is 12.8 Å². The molecular weight excluding hydrogens is 493 g/mol. The Balaban J connectivity index is 1.49. The van der Waals surface area contributed by atoms with Crippen molar-refractivity contribution in [2.75, 3.05) is 6.61 Å². The van der Waals surface area contributed by atoms with Crippen molar-refractivity contribution < 1.29 is 28.9 Å². The summed E-state index contributed by atoms with van der Waals surface area (Å²) < 4.78 is 21.8. The summed E-state index contributed by atoms with van der Waals surface area (Å²) in [6.07, 6.45) is 3.03. The number of fused-ring (bicyclic) bond motifs is 5. The number of amides is 1. The van der Waals surface area contributed by atoms with Gasteiger partial charge in [0.1, 0.15) is 19.0 Å². The number of nitrogens with zero attached hydrogens (tertiary/aromatic N) is 2. The number of ether oxygens (including phenoxy) is 1. The smallest absolute Gasteiger partial charge is 0.343 e. The van der Waals surface area contributed by atoms with Crippen LogP contribution in [0.1, 0.15) is 65.1 Å². The van der Waals surface area contributed by atoms with E-state index in [2.05, 4.69) is 5.32 Å². The summed E-state index contributed by atoms with van der Waals surface area (Å²) in [5, 5.41) is 24.5. The number of pyridine rings is 2. The summed E-state index contributed by atoms with van der Waals surface area (Å²) in [6.45, 7) is 1.01. The first-order valence-corrected chi connectivity index (χ1v) is 12.9. The molecule has 3 N–H and O–H groups in total. The van der Waals surface area contributed by atoms with Gasteiger partial charge in [-0.15, -0.1) is 0 Å². The van der Waals surface area contributed by atoms with Crippen LogP contribution in [0.2, 0.25) is 0 Å². The van der Waals surface area contributed by atoms with Gasteiger partial charge < -0.3 is 24.8 Å². The van der Waals surface area contributed by atoms with E-state index in [4.69, 9.17) is 9.72 Å². The molecule has 0 unspecified atom stereocenters. The van der Waals surface area contributed by atoms with Crippen molar-refractivity contribution in [1.82, 2.24) is 14.9 Å². The second kappa shape index (κ2) is 7.94. The minimum absolute atomic E-state index is 0.172. The fraction of sp³-hybridized carbons (Fsp3) is 0.429. The van der Waals surface area contributed by atoms with Crippen LogP contribution in [-0.4, -0.2) is 38.2 Å². The molecule has 1 amide bonds. The topological polar surface area (TPSA) is 131 Å². The van der Waals surface area contributed by atoms with E-state index >= 15 is 0 Å². The van der Waals surface area contributed by atoms with E-state index in [0.717, 1.165) is 34.9 Å². The lowest BCUT2D eigenvalue weighted by Gasteiger charge is -2.32.